The van der Waals surface area contributed by atoms with Crippen molar-refractivity contribution >= 4 is 5.88 Å². The Balaban J connectivity index is 1.57. The molecule has 1 saturated heterocycles. The van der Waals surface area contributed by atoms with Crippen LogP contribution in [0.1, 0.15) is 5.56 Å². The average molecular weight is 322 g/mol. The van der Waals surface area contributed by atoms with Crippen molar-refractivity contribution in [3.63, 3.8) is 0 Å². The molecule has 0 unspecified atom stereocenters. The van der Waals surface area contributed by atoms with E-state index < -0.39 is 0 Å². The number of ether oxygens (including phenoxy) is 2. The number of nitrogens with one attached hydrogen (secondary N) is 1. The first-order valence-corrected chi connectivity index (χ1v) is 7.82. The molecule has 4 rings (SSSR count). The Labute approximate surface area is 140 Å². The number of nitrogens with zero attached hydrogens (tertiary/aromatic N) is 1. The Hall–Kier alpha value is -2.79. The van der Waals surface area contributed by atoms with Gasteiger partial charge in [-0.3, -0.25) is 0 Å². The highest BCUT2D eigenvalue weighted by molar-refractivity contribution is 5.62. The summed E-state index contributed by atoms with van der Waals surface area (Å²) in [5.74, 6) is 1.47. The summed E-state index contributed by atoms with van der Waals surface area (Å²) in [5.41, 5.74) is 2.67. The van der Waals surface area contributed by atoms with Crippen molar-refractivity contribution in [1.29, 1.82) is 0 Å². The van der Waals surface area contributed by atoms with Gasteiger partial charge in [0, 0.05) is 11.6 Å². The highest BCUT2D eigenvalue weighted by Gasteiger charge is 2.41. The van der Waals surface area contributed by atoms with Crippen LogP contribution in [0, 0.1) is 0 Å². The SMILES string of the molecule is COc1ccc(C2(Nc3cc(-c4ccccc4)no3)COC2)cc1. The normalized spacial score (nSPS) is 15.5. The smallest absolute Gasteiger partial charge is 0.226 e. The highest BCUT2D eigenvalue weighted by atomic mass is 16.5. The molecule has 0 amide bonds. The minimum absolute atomic E-state index is 0.292. The maximum Gasteiger partial charge on any atom is 0.226 e. The maximum absolute atomic E-state index is 5.48. The lowest BCUT2D eigenvalue weighted by Gasteiger charge is -2.42. The van der Waals surface area contributed by atoms with E-state index in [0.717, 1.165) is 22.6 Å². The molecular formula is C19H18N2O3. The molecule has 0 atom stereocenters. The molecule has 24 heavy (non-hydrogen) atoms. The van der Waals surface area contributed by atoms with Crippen LogP contribution in [0.5, 0.6) is 5.75 Å². The lowest BCUT2D eigenvalue weighted by molar-refractivity contribution is -0.0458. The fraction of sp³-hybridized carbons (Fsp3) is 0.211. The quantitative estimate of drug-likeness (QED) is 0.776. The van der Waals surface area contributed by atoms with Gasteiger partial charge in [-0.1, -0.05) is 47.6 Å². The Kier molecular flexibility index (Phi) is 3.70. The minimum atomic E-state index is -0.292. The molecule has 0 radical (unpaired) electrons. The summed E-state index contributed by atoms with van der Waals surface area (Å²) < 4.78 is 16.2. The van der Waals surface area contributed by atoms with Crippen LogP contribution in [0.15, 0.2) is 65.2 Å². The van der Waals surface area contributed by atoms with E-state index in [1.807, 2.05) is 60.7 Å². The topological polar surface area (TPSA) is 56.5 Å². The summed E-state index contributed by atoms with van der Waals surface area (Å²) in [6.45, 7) is 1.17. The fourth-order valence-corrected chi connectivity index (χ4v) is 2.84. The summed E-state index contributed by atoms with van der Waals surface area (Å²) in [5, 5.41) is 7.59. The maximum atomic E-state index is 5.48. The highest BCUT2D eigenvalue weighted by Crippen LogP contribution is 2.35. The van der Waals surface area contributed by atoms with Crippen LogP contribution in [0.3, 0.4) is 0 Å². The van der Waals surface area contributed by atoms with E-state index in [1.165, 1.54) is 0 Å². The predicted octanol–water partition coefficient (Wildman–Crippen LogP) is 3.69. The van der Waals surface area contributed by atoms with Crippen LogP contribution in [0.2, 0.25) is 0 Å². The van der Waals surface area contributed by atoms with Crippen LogP contribution in [0.4, 0.5) is 5.88 Å². The van der Waals surface area contributed by atoms with Crippen LogP contribution in [-0.4, -0.2) is 25.5 Å². The van der Waals surface area contributed by atoms with Crippen LogP contribution in [0.25, 0.3) is 11.3 Å². The van der Waals surface area contributed by atoms with Crippen molar-refractivity contribution in [2.75, 3.05) is 25.6 Å². The monoisotopic (exact) mass is 322 g/mol. The molecule has 1 N–H and O–H groups in total. The first-order valence-electron chi connectivity index (χ1n) is 7.82. The Morgan fingerprint density at radius 3 is 2.42 bits per heavy atom. The molecule has 2 aromatic carbocycles. The summed E-state index contributed by atoms with van der Waals surface area (Å²) >= 11 is 0. The van der Waals surface area contributed by atoms with Gasteiger partial charge in [0.05, 0.1) is 20.3 Å². The molecule has 1 fully saturated rings. The summed E-state index contributed by atoms with van der Waals surface area (Å²) in [6.07, 6.45) is 0. The van der Waals surface area contributed by atoms with Gasteiger partial charge in [0.25, 0.3) is 0 Å². The van der Waals surface area contributed by atoms with Gasteiger partial charge in [-0.25, -0.2) is 0 Å². The molecule has 1 aromatic heterocycles. The van der Waals surface area contributed by atoms with Crippen molar-refractivity contribution < 1.29 is 14.0 Å². The van der Waals surface area contributed by atoms with Crippen molar-refractivity contribution in [1.82, 2.24) is 5.16 Å². The van der Waals surface area contributed by atoms with E-state index in [1.54, 1.807) is 7.11 Å². The molecule has 0 saturated carbocycles. The fourth-order valence-electron chi connectivity index (χ4n) is 2.84. The second-order valence-corrected chi connectivity index (χ2v) is 5.87. The van der Waals surface area contributed by atoms with Crippen molar-refractivity contribution in [2.45, 2.75) is 5.54 Å². The summed E-state index contributed by atoms with van der Waals surface area (Å²) in [6, 6.07) is 19.9. The third kappa shape index (κ3) is 2.63. The molecule has 1 aliphatic heterocycles. The zero-order valence-corrected chi connectivity index (χ0v) is 13.4. The van der Waals surface area contributed by atoms with Gasteiger partial charge in [0.15, 0.2) is 0 Å². The Morgan fingerprint density at radius 1 is 1.04 bits per heavy atom. The minimum Gasteiger partial charge on any atom is -0.497 e. The van der Waals surface area contributed by atoms with Gasteiger partial charge in [0.2, 0.25) is 5.88 Å². The molecule has 0 spiro atoms. The molecule has 3 aromatic rings. The Bertz CT molecular complexity index is 808. The van der Waals surface area contributed by atoms with E-state index in [4.69, 9.17) is 14.0 Å². The van der Waals surface area contributed by atoms with Crippen LogP contribution >= 0.6 is 0 Å². The second kappa shape index (κ2) is 6.02. The standard InChI is InChI=1S/C19H18N2O3/c1-22-16-9-7-15(8-10-16)19(12-23-13-19)20-18-11-17(21-24-18)14-5-3-2-4-6-14/h2-11,20H,12-13H2,1H3. The van der Waals surface area contributed by atoms with E-state index in [-0.39, 0.29) is 5.54 Å². The summed E-state index contributed by atoms with van der Waals surface area (Å²) in [7, 11) is 1.66. The number of aromatic nitrogens is 1. The third-order valence-corrected chi connectivity index (χ3v) is 4.28. The molecule has 2 heterocycles. The van der Waals surface area contributed by atoms with Gasteiger partial charge in [0.1, 0.15) is 17.0 Å². The first kappa shape index (κ1) is 14.8. The molecule has 5 nitrogen and oxygen atoms in total. The molecule has 0 bridgehead atoms. The van der Waals surface area contributed by atoms with E-state index in [9.17, 15) is 0 Å². The van der Waals surface area contributed by atoms with Gasteiger partial charge >= 0.3 is 0 Å². The zero-order valence-electron chi connectivity index (χ0n) is 13.4. The van der Waals surface area contributed by atoms with Gasteiger partial charge in [-0.2, -0.15) is 0 Å². The van der Waals surface area contributed by atoms with E-state index in [2.05, 4.69) is 10.5 Å². The van der Waals surface area contributed by atoms with E-state index in [0.29, 0.717) is 19.1 Å². The number of hydrogen-bond donors (Lipinski definition) is 1. The Morgan fingerprint density at radius 2 is 1.79 bits per heavy atom. The third-order valence-electron chi connectivity index (χ3n) is 4.28. The van der Waals surface area contributed by atoms with Crippen LogP contribution < -0.4 is 10.1 Å². The predicted molar refractivity (Wildman–Crippen MR) is 91.1 cm³/mol. The van der Waals surface area contributed by atoms with Crippen LogP contribution in [-0.2, 0) is 10.3 Å². The van der Waals surface area contributed by atoms with Crippen molar-refractivity contribution in [3.8, 4) is 17.0 Å². The molecule has 5 heteroatoms. The van der Waals surface area contributed by atoms with Crippen molar-refractivity contribution in [2.24, 2.45) is 0 Å². The number of hydrogen-bond acceptors (Lipinski definition) is 5. The van der Waals surface area contributed by atoms with Crippen molar-refractivity contribution in [3.05, 3.63) is 66.2 Å². The van der Waals surface area contributed by atoms with E-state index >= 15 is 0 Å². The second-order valence-electron chi connectivity index (χ2n) is 5.87. The van der Waals surface area contributed by atoms with Gasteiger partial charge in [-0.15, -0.1) is 0 Å². The largest absolute Gasteiger partial charge is 0.497 e. The molecule has 0 aliphatic carbocycles. The lowest BCUT2D eigenvalue weighted by Crippen LogP contribution is -2.52. The molecular weight excluding hydrogens is 304 g/mol. The average Bonchev–Trinajstić information content (AvgIpc) is 3.08. The zero-order chi connectivity index (χ0) is 16.4. The number of methoxy groups -OCH3 is 1. The first-order chi connectivity index (χ1) is 11.8. The van der Waals surface area contributed by atoms with Gasteiger partial charge in [-0.05, 0) is 17.7 Å². The van der Waals surface area contributed by atoms with Gasteiger partial charge < -0.3 is 19.3 Å². The number of benzene rings is 2. The molecule has 1 aliphatic rings. The number of rotatable bonds is 5. The summed E-state index contributed by atoms with van der Waals surface area (Å²) in [4.78, 5) is 0. The lowest BCUT2D eigenvalue weighted by atomic mass is 9.88. The number of anilines is 1. The molecule has 122 valence electrons.